The van der Waals surface area contributed by atoms with Crippen LogP contribution in [0.4, 0.5) is 0 Å². The summed E-state index contributed by atoms with van der Waals surface area (Å²) in [6.45, 7) is 0. The van der Waals surface area contributed by atoms with Crippen molar-refractivity contribution in [2.24, 2.45) is 0 Å². The highest BCUT2D eigenvalue weighted by atomic mass is 28.1. The fourth-order valence-corrected chi connectivity index (χ4v) is 0. The van der Waals surface area contributed by atoms with Gasteiger partial charge in [0.05, 0.1) is 5.09 Å². The minimum atomic E-state index is -1.75. The fourth-order valence-electron chi connectivity index (χ4n) is 0. The Hall–Kier alpha value is -0.583. The highest BCUT2D eigenvalue weighted by molar-refractivity contribution is 5.75. The molecule has 0 aromatic carbocycles. The second-order valence-electron chi connectivity index (χ2n) is 0.224. The van der Waals surface area contributed by atoms with Crippen molar-refractivity contribution < 1.29 is 5.09 Å². The Labute approximate surface area is 32.5 Å². The van der Waals surface area contributed by atoms with Gasteiger partial charge in [0.2, 0.25) is 0 Å². The van der Waals surface area contributed by atoms with E-state index >= 15 is 0 Å². The average molecular weight is 90.1 g/mol. The van der Waals surface area contributed by atoms with E-state index in [9.17, 15) is 0 Å². The molecule has 0 aliphatic rings. The molecule has 28 valence electrons. The van der Waals surface area contributed by atoms with Crippen LogP contribution in [0.15, 0.2) is 0 Å². The summed E-state index contributed by atoms with van der Waals surface area (Å²) >= 11 is 0. The third-order valence-electron chi connectivity index (χ3n) is 0. The van der Waals surface area contributed by atoms with Gasteiger partial charge in [0.1, 0.15) is 0 Å². The van der Waals surface area contributed by atoms with Gasteiger partial charge in [-0.25, -0.2) is 0 Å². The van der Waals surface area contributed by atoms with Crippen LogP contribution < -0.4 is 0 Å². The molecule has 0 N–H and O–H groups in total. The average Bonchev–Trinajstić information content (AvgIpc) is 0.811. The largest absolute Gasteiger partial charge is 0.356 e. The molecule has 0 amide bonds. The van der Waals surface area contributed by atoms with Gasteiger partial charge >= 0.3 is 0 Å². The molecule has 0 aliphatic carbocycles. The second kappa shape index (κ2) is 3.42. The third kappa shape index (κ3) is 20.2. The van der Waals surface area contributed by atoms with Crippen LogP contribution >= 0.6 is 0 Å². The molecule has 0 unspecified atom stereocenters. The Balaban J connectivity index is 0. The molecule has 0 aromatic rings. The standard InChI is InChI=1S/NO3.Si/c2-1(3)4;/q-1;. The molecule has 0 saturated carbocycles. The van der Waals surface area contributed by atoms with Crippen molar-refractivity contribution in [3.05, 3.63) is 15.3 Å². The first-order valence-corrected chi connectivity index (χ1v) is 0.548. The predicted molar refractivity (Wildman–Crippen MR) is 16.1 cm³/mol. The van der Waals surface area contributed by atoms with Crippen molar-refractivity contribution >= 4 is 11.0 Å². The lowest BCUT2D eigenvalue weighted by Gasteiger charge is -1.74. The Kier molecular flexibility index (Phi) is 6.03. The van der Waals surface area contributed by atoms with Crippen molar-refractivity contribution in [1.29, 1.82) is 0 Å². The summed E-state index contributed by atoms with van der Waals surface area (Å²) in [5, 5.41) is 14.8. The molecule has 0 bridgehead atoms. The van der Waals surface area contributed by atoms with Crippen LogP contribution in [0, 0.1) is 15.3 Å². The van der Waals surface area contributed by atoms with Gasteiger partial charge in [0.25, 0.3) is 0 Å². The highest BCUT2D eigenvalue weighted by Gasteiger charge is 1.45. The van der Waals surface area contributed by atoms with Gasteiger partial charge < -0.3 is 15.3 Å². The summed E-state index contributed by atoms with van der Waals surface area (Å²) in [5.41, 5.74) is 0. The molecule has 4 radical (unpaired) electrons. The molecule has 0 atom stereocenters. The topological polar surface area (TPSA) is 66.2 Å². The van der Waals surface area contributed by atoms with E-state index in [-0.39, 0.29) is 11.0 Å². The summed E-state index contributed by atoms with van der Waals surface area (Å²) in [4.78, 5) is 8.25. The summed E-state index contributed by atoms with van der Waals surface area (Å²) in [6.07, 6.45) is 0. The summed E-state index contributed by atoms with van der Waals surface area (Å²) in [6, 6.07) is 0. The summed E-state index contributed by atoms with van der Waals surface area (Å²) < 4.78 is 0. The van der Waals surface area contributed by atoms with Crippen molar-refractivity contribution in [1.82, 2.24) is 0 Å². The lowest BCUT2D eigenvalue weighted by Crippen LogP contribution is -1.74. The van der Waals surface area contributed by atoms with Gasteiger partial charge in [-0.05, 0) is 0 Å². The lowest BCUT2D eigenvalue weighted by atomic mass is 13.1. The molecule has 0 aliphatic heterocycles. The van der Waals surface area contributed by atoms with Crippen molar-refractivity contribution in [2.75, 3.05) is 0 Å². The van der Waals surface area contributed by atoms with E-state index in [1.165, 1.54) is 0 Å². The second-order valence-corrected chi connectivity index (χ2v) is 0.224. The van der Waals surface area contributed by atoms with Crippen LogP contribution in [-0.2, 0) is 0 Å². The maximum atomic E-state index is 8.25. The van der Waals surface area contributed by atoms with Gasteiger partial charge in [-0.3, -0.25) is 0 Å². The van der Waals surface area contributed by atoms with E-state index in [0.717, 1.165) is 0 Å². The first kappa shape index (κ1) is 8.83. The first-order chi connectivity index (χ1) is 1.73. The maximum Gasteiger partial charge on any atom is 0.0689 e. The molecule has 5 heavy (non-hydrogen) atoms. The number of hydrogen-bond donors (Lipinski definition) is 0. The predicted octanol–water partition coefficient (Wildman–Crippen LogP) is -0.620. The van der Waals surface area contributed by atoms with E-state index in [0.29, 0.717) is 0 Å². The number of nitrogens with zero attached hydrogens (tertiary/aromatic N) is 1. The molecule has 0 saturated heterocycles. The van der Waals surface area contributed by atoms with Gasteiger partial charge in [-0.2, -0.15) is 0 Å². The highest BCUT2D eigenvalue weighted by Crippen LogP contribution is 1.44. The number of rotatable bonds is 0. The zero-order valence-electron chi connectivity index (χ0n) is 2.17. The summed E-state index contributed by atoms with van der Waals surface area (Å²) in [7, 11) is 0. The Morgan fingerprint density at radius 1 is 1.40 bits per heavy atom. The molecule has 5 heteroatoms. The smallest absolute Gasteiger partial charge is 0.0689 e. The zero-order valence-corrected chi connectivity index (χ0v) is 3.17. The van der Waals surface area contributed by atoms with Gasteiger partial charge in [-0.1, -0.05) is 0 Å². The van der Waals surface area contributed by atoms with Crippen LogP contribution in [-0.4, -0.2) is 16.1 Å². The van der Waals surface area contributed by atoms with Gasteiger partial charge in [-0.15, -0.1) is 0 Å². The molecule has 0 fully saturated rings. The quantitative estimate of drug-likeness (QED) is 0.226. The molecule has 0 rings (SSSR count). The van der Waals surface area contributed by atoms with Gasteiger partial charge in [0, 0.05) is 11.0 Å². The van der Waals surface area contributed by atoms with Crippen LogP contribution in [0.25, 0.3) is 0 Å². The molecular weight excluding hydrogens is 90.1 g/mol. The van der Waals surface area contributed by atoms with Crippen LogP contribution in [0.3, 0.4) is 0 Å². The van der Waals surface area contributed by atoms with Crippen LogP contribution in [0.1, 0.15) is 0 Å². The summed E-state index contributed by atoms with van der Waals surface area (Å²) in [5.74, 6) is 0. The normalized spacial score (nSPS) is 4.80. The molecular formula is NO3Si-. The third-order valence-corrected chi connectivity index (χ3v) is 0. The molecule has 4 nitrogen and oxygen atoms in total. The fraction of sp³-hybridized carbons (Fsp3) is 0. The maximum absolute atomic E-state index is 8.25. The molecule has 0 spiro atoms. The van der Waals surface area contributed by atoms with E-state index in [1.807, 2.05) is 0 Å². The van der Waals surface area contributed by atoms with E-state index in [2.05, 4.69) is 0 Å². The molecule has 0 aromatic heterocycles. The Bertz CT molecular complexity index is 29.9. The minimum absolute atomic E-state index is 0. The monoisotopic (exact) mass is 90.0 g/mol. The first-order valence-electron chi connectivity index (χ1n) is 0.548. The SMILES string of the molecule is O=[N+]([O-])[O-].[Si]. The Morgan fingerprint density at radius 2 is 1.40 bits per heavy atom. The van der Waals surface area contributed by atoms with Gasteiger partial charge in [0.15, 0.2) is 0 Å². The van der Waals surface area contributed by atoms with E-state index in [1.54, 1.807) is 0 Å². The van der Waals surface area contributed by atoms with Crippen molar-refractivity contribution in [3.63, 3.8) is 0 Å². The molecule has 0 heterocycles. The van der Waals surface area contributed by atoms with Crippen molar-refractivity contribution in [3.8, 4) is 0 Å². The van der Waals surface area contributed by atoms with Crippen LogP contribution in [0.2, 0.25) is 0 Å². The van der Waals surface area contributed by atoms with E-state index < -0.39 is 5.09 Å². The van der Waals surface area contributed by atoms with E-state index in [4.69, 9.17) is 15.3 Å². The number of hydrogen-bond acceptors (Lipinski definition) is 3. The van der Waals surface area contributed by atoms with Crippen molar-refractivity contribution in [2.45, 2.75) is 0 Å². The van der Waals surface area contributed by atoms with Crippen LogP contribution in [0.5, 0.6) is 0 Å². The Morgan fingerprint density at radius 3 is 1.40 bits per heavy atom. The lowest BCUT2D eigenvalue weighted by molar-refractivity contribution is -0.402. The zero-order chi connectivity index (χ0) is 3.58. The minimum Gasteiger partial charge on any atom is -0.356 e.